The molecular weight excluding hydrogens is 364 g/mol. The van der Waals surface area contributed by atoms with E-state index in [1.165, 1.54) is 0 Å². The van der Waals surface area contributed by atoms with Gasteiger partial charge in [-0.1, -0.05) is 48.5 Å². The molecule has 0 aliphatic carbocycles. The molecule has 27 heavy (non-hydrogen) atoms. The number of carbonyl (C=O) groups excluding carboxylic acids is 1. The summed E-state index contributed by atoms with van der Waals surface area (Å²) in [4.78, 5) is 14.7. The fourth-order valence-electron chi connectivity index (χ4n) is 3.37. The van der Waals surface area contributed by atoms with Gasteiger partial charge in [0.25, 0.3) is 5.91 Å². The molecule has 2 aliphatic heterocycles. The number of benzene rings is 2. The van der Waals surface area contributed by atoms with Gasteiger partial charge < -0.3 is 15.0 Å². The Labute approximate surface area is 158 Å². The molecule has 0 aromatic heterocycles. The number of nitrogens with one attached hydrogen (secondary N) is 1. The molecule has 0 unspecified atom stereocenters. The van der Waals surface area contributed by atoms with Crippen molar-refractivity contribution in [1.29, 1.82) is 0 Å². The van der Waals surface area contributed by atoms with E-state index in [4.69, 9.17) is 4.74 Å². The molecule has 6 nitrogen and oxygen atoms in total. The van der Waals surface area contributed by atoms with Crippen LogP contribution in [0.4, 0.5) is 0 Å². The fourth-order valence-corrected chi connectivity index (χ4v) is 5.11. The van der Waals surface area contributed by atoms with E-state index in [0.29, 0.717) is 44.1 Å². The van der Waals surface area contributed by atoms with Crippen molar-refractivity contribution < 1.29 is 17.9 Å². The number of hydrogen-bond donors (Lipinski definition) is 1. The minimum atomic E-state index is -3.86. The van der Waals surface area contributed by atoms with Crippen LogP contribution in [0.3, 0.4) is 0 Å². The second kappa shape index (κ2) is 7.17. The summed E-state index contributed by atoms with van der Waals surface area (Å²) < 4.78 is 31.5. The number of fused-ring (bicyclic) bond motifs is 1. The zero-order valence-electron chi connectivity index (χ0n) is 14.7. The lowest BCUT2D eigenvalue weighted by atomic mass is 10.1. The highest BCUT2D eigenvalue weighted by molar-refractivity contribution is 7.97. The number of amides is 1. The zero-order valence-corrected chi connectivity index (χ0v) is 15.5. The normalized spacial score (nSPS) is 18.3. The van der Waals surface area contributed by atoms with E-state index in [2.05, 4.69) is 5.32 Å². The summed E-state index contributed by atoms with van der Waals surface area (Å²) in [5, 5.41) is 3.20. The smallest absolute Gasteiger partial charge is 0.268 e. The van der Waals surface area contributed by atoms with Crippen LogP contribution in [0.5, 0.6) is 0 Å². The molecule has 1 N–H and O–H groups in total. The lowest BCUT2D eigenvalue weighted by molar-refractivity contribution is -0.130. The number of sulfone groups is 1. The molecule has 2 aromatic carbocycles. The molecule has 140 valence electrons. The third-order valence-electron chi connectivity index (χ3n) is 4.75. The van der Waals surface area contributed by atoms with Crippen molar-refractivity contribution in [2.75, 3.05) is 26.3 Å². The summed E-state index contributed by atoms with van der Waals surface area (Å²) >= 11 is 0. The van der Waals surface area contributed by atoms with Crippen molar-refractivity contribution in [1.82, 2.24) is 10.2 Å². The first-order valence-electron chi connectivity index (χ1n) is 8.82. The van der Waals surface area contributed by atoms with Gasteiger partial charge >= 0.3 is 0 Å². The number of morpholine rings is 1. The van der Waals surface area contributed by atoms with E-state index in [-0.39, 0.29) is 9.80 Å². The van der Waals surface area contributed by atoms with Gasteiger partial charge in [-0.25, -0.2) is 8.42 Å². The van der Waals surface area contributed by atoms with Gasteiger partial charge in [-0.15, -0.1) is 0 Å². The van der Waals surface area contributed by atoms with E-state index < -0.39 is 15.7 Å². The Morgan fingerprint density at radius 1 is 1.00 bits per heavy atom. The predicted octanol–water partition coefficient (Wildman–Crippen LogP) is 1.79. The van der Waals surface area contributed by atoms with Gasteiger partial charge in [0, 0.05) is 25.2 Å². The van der Waals surface area contributed by atoms with Crippen molar-refractivity contribution in [3.05, 3.63) is 70.6 Å². The summed E-state index contributed by atoms with van der Waals surface area (Å²) in [5.41, 5.74) is 1.93. The van der Waals surface area contributed by atoms with E-state index in [1.54, 1.807) is 29.2 Å². The Morgan fingerprint density at radius 2 is 1.67 bits per heavy atom. The van der Waals surface area contributed by atoms with Crippen molar-refractivity contribution >= 4 is 21.4 Å². The Bertz CT molecular complexity index is 994. The summed E-state index contributed by atoms with van der Waals surface area (Å²) in [5.74, 6) is -0.468. The van der Waals surface area contributed by atoms with E-state index >= 15 is 0 Å². The highest BCUT2D eigenvalue weighted by atomic mass is 32.2. The highest BCUT2D eigenvalue weighted by Crippen LogP contribution is 2.38. The first-order chi connectivity index (χ1) is 13.1. The summed E-state index contributed by atoms with van der Waals surface area (Å²) in [6.45, 7) is 2.04. The van der Waals surface area contributed by atoms with Crippen LogP contribution < -0.4 is 5.32 Å². The van der Waals surface area contributed by atoms with Crippen molar-refractivity contribution in [2.45, 2.75) is 11.4 Å². The molecule has 0 bridgehead atoms. The lowest BCUT2D eigenvalue weighted by Gasteiger charge is -2.27. The van der Waals surface area contributed by atoms with Crippen molar-refractivity contribution in [3.8, 4) is 0 Å². The minimum absolute atomic E-state index is 0.165. The molecule has 0 spiro atoms. The molecule has 2 aliphatic rings. The van der Waals surface area contributed by atoms with Gasteiger partial charge in [0.1, 0.15) is 0 Å². The molecule has 7 heteroatoms. The van der Waals surface area contributed by atoms with Crippen LogP contribution in [0.2, 0.25) is 0 Å². The fraction of sp³-hybridized carbons (Fsp3) is 0.250. The number of ether oxygens (including phenoxy) is 1. The Balaban J connectivity index is 1.75. The monoisotopic (exact) mass is 384 g/mol. The highest BCUT2D eigenvalue weighted by Gasteiger charge is 2.41. The molecule has 1 amide bonds. The van der Waals surface area contributed by atoms with E-state index in [1.807, 2.05) is 30.3 Å². The SMILES string of the molecule is O=C(C1=C(NCc2ccccc2)c2ccccc2S1(=O)=O)N1CCOCC1. The first-order valence-corrected chi connectivity index (χ1v) is 10.3. The maximum Gasteiger partial charge on any atom is 0.268 e. The Kier molecular flexibility index (Phi) is 4.72. The molecular formula is C20H20N2O4S. The standard InChI is InChI=1S/C20H20N2O4S/c23-20(22-10-12-26-13-11-22)19-18(21-14-15-6-2-1-3-7-15)16-8-4-5-9-17(16)27(19,24)25/h1-9,21H,10-14H2. The maximum absolute atomic E-state index is 13.1. The van der Waals surface area contributed by atoms with Crippen molar-refractivity contribution in [2.24, 2.45) is 0 Å². The summed E-state index contributed by atoms with van der Waals surface area (Å²) in [6, 6.07) is 16.4. The second-order valence-electron chi connectivity index (χ2n) is 6.45. The molecule has 2 heterocycles. The molecule has 1 fully saturated rings. The third kappa shape index (κ3) is 3.24. The average Bonchev–Trinajstić information content (AvgIpc) is 2.94. The molecule has 4 rings (SSSR count). The van der Waals surface area contributed by atoms with Crippen LogP contribution in [0.15, 0.2) is 64.4 Å². The lowest BCUT2D eigenvalue weighted by Crippen LogP contribution is -2.42. The van der Waals surface area contributed by atoms with E-state index in [0.717, 1.165) is 5.56 Å². The number of hydrogen-bond acceptors (Lipinski definition) is 5. The molecule has 0 saturated carbocycles. The second-order valence-corrected chi connectivity index (χ2v) is 8.30. The molecule has 0 atom stereocenters. The topological polar surface area (TPSA) is 75.7 Å². The van der Waals surface area contributed by atoms with Gasteiger partial charge in [0.15, 0.2) is 4.91 Å². The predicted molar refractivity (Wildman–Crippen MR) is 101 cm³/mol. The van der Waals surface area contributed by atoms with E-state index in [9.17, 15) is 13.2 Å². The zero-order chi connectivity index (χ0) is 18.9. The number of nitrogens with zero attached hydrogens (tertiary/aromatic N) is 1. The molecule has 2 aromatic rings. The quantitative estimate of drug-likeness (QED) is 0.870. The van der Waals surface area contributed by atoms with Crippen molar-refractivity contribution in [3.63, 3.8) is 0 Å². The first kappa shape index (κ1) is 17.8. The maximum atomic E-state index is 13.1. The Morgan fingerprint density at radius 3 is 2.41 bits per heavy atom. The molecule has 0 radical (unpaired) electrons. The van der Waals surface area contributed by atoms with Crippen LogP contribution in [0.25, 0.3) is 5.70 Å². The van der Waals surface area contributed by atoms with Crippen LogP contribution >= 0.6 is 0 Å². The van der Waals surface area contributed by atoms with Gasteiger partial charge in [0.2, 0.25) is 9.84 Å². The van der Waals surface area contributed by atoms with Gasteiger partial charge in [-0.2, -0.15) is 0 Å². The van der Waals surface area contributed by atoms with Crippen LogP contribution in [0, 0.1) is 0 Å². The van der Waals surface area contributed by atoms with Crippen LogP contribution in [-0.2, 0) is 25.9 Å². The van der Waals surface area contributed by atoms with Crippen LogP contribution in [-0.4, -0.2) is 45.5 Å². The van der Waals surface area contributed by atoms with Gasteiger partial charge in [-0.05, 0) is 11.6 Å². The van der Waals surface area contributed by atoms with Crippen LogP contribution in [0.1, 0.15) is 11.1 Å². The molecule has 1 saturated heterocycles. The largest absolute Gasteiger partial charge is 0.379 e. The summed E-state index contributed by atoms with van der Waals surface area (Å²) in [6.07, 6.45) is 0. The van der Waals surface area contributed by atoms with Gasteiger partial charge in [-0.3, -0.25) is 4.79 Å². The van der Waals surface area contributed by atoms with Gasteiger partial charge in [0.05, 0.1) is 23.8 Å². The number of carbonyl (C=O) groups is 1. The average molecular weight is 384 g/mol. The minimum Gasteiger partial charge on any atom is -0.379 e. The Hall–Kier alpha value is -2.64. The summed E-state index contributed by atoms with van der Waals surface area (Å²) in [7, 11) is -3.86. The number of rotatable bonds is 4. The third-order valence-corrected chi connectivity index (χ3v) is 6.60.